The molecule has 0 aromatic carbocycles. The van der Waals surface area contributed by atoms with Crippen LogP contribution in [0.2, 0.25) is 0 Å². The molecule has 0 spiro atoms. The van der Waals surface area contributed by atoms with Gasteiger partial charge in [0.1, 0.15) is 5.69 Å². The maximum absolute atomic E-state index is 11.7. The van der Waals surface area contributed by atoms with Gasteiger partial charge < -0.3 is 11.1 Å². The predicted octanol–water partition coefficient (Wildman–Crippen LogP) is 0.697. The van der Waals surface area contributed by atoms with Gasteiger partial charge in [-0.25, -0.2) is 0 Å². The number of amides is 1. The van der Waals surface area contributed by atoms with Crippen molar-refractivity contribution in [3.8, 4) is 0 Å². The molecule has 1 rings (SSSR count). The van der Waals surface area contributed by atoms with Crippen molar-refractivity contribution in [3.63, 3.8) is 0 Å². The normalized spacial score (nSPS) is 12.1. The number of aryl methyl sites for hydroxylation is 1. The summed E-state index contributed by atoms with van der Waals surface area (Å²) in [5.74, 6) is -0.207. The number of nitrogens with one attached hydrogen (secondary N) is 1. The van der Waals surface area contributed by atoms with Crippen molar-refractivity contribution in [2.75, 3.05) is 5.73 Å². The van der Waals surface area contributed by atoms with E-state index in [-0.39, 0.29) is 11.9 Å². The molecule has 15 heavy (non-hydrogen) atoms. The van der Waals surface area contributed by atoms with Crippen LogP contribution >= 0.6 is 0 Å². The van der Waals surface area contributed by atoms with E-state index in [0.29, 0.717) is 11.4 Å². The van der Waals surface area contributed by atoms with Crippen molar-refractivity contribution >= 4 is 11.6 Å². The quantitative estimate of drug-likeness (QED) is 0.715. The third-order valence-corrected chi connectivity index (χ3v) is 2.08. The van der Waals surface area contributed by atoms with E-state index in [2.05, 4.69) is 17.0 Å². The van der Waals surface area contributed by atoms with Crippen LogP contribution in [0.5, 0.6) is 0 Å². The van der Waals surface area contributed by atoms with Gasteiger partial charge in [0.15, 0.2) is 0 Å². The second-order valence-corrected chi connectivity index (χ2v) is 3.47. The Hall–Kier alpha value is -1.78. The number of carbonyl (C=O) groups is 1. The lowest BCUT2D eigenvalue weighted by molar-refractivity contribution is 0.0932. The van der Waals surface area contributed by atoms with Gasteiger partial charge >= 0.3 is 0 Å². The summed E-state index contributed by atoms with van der Waals surface area (Å²) in [6.45, 7) is 5.52. The lowest BCUT2D eigenvalue weighted by Crippen LogP contribution is -2.33. The number of aromatic nitrogens is 2. The summed E-state index contributed by atoms with van der Waals surface area (Å²) in [4.78, 5) is 11.7. The molecule has 0 aliphatic heterocycles. The monoisotopic (exact) mass is 208 g/mol. The molecule has 1 unspecified atom stereocenters. The van der Waals surface area contributed by atoms with Crippen LogP contribution in [-0.4, -0.2) is 21.7 Å². The van der Waals surface area contributed by atoms with E-state index in [1.54, 1.807) is 13.1 Å². The Morgan fingerprint density at radius 1 is 1.87 bits per heavy atom. The maximum Gasteiger partial charge on any atom is 0.271 e. The molecule has 0 fully saturated rings. The van der Waals surface area contributed by atoms with Gasteiger partial charge in [0.2, 0.25) is 0 Å². The van der Waals surface area contributed by atoms with Gasteiger partial charge in [-0.05, 0) is 13.3 Å². The van der Waals surface area contributed by atoms with Crippen molar-refractivity contribution in [3.05, 3.63) is 24.5 Å². The topological polar surface area (TPSA) is 72.9 Å². The van der Waals surface area contributed by atoms with Gasteiger partial charge in [0.05, 0.1) is 11.9 Å². The highest BCUT2D eigenvalue weighted by Gasteiger charge is 2.15. The van der Waals surface area contributed by atoms with E-state index in [9.17, 15) is 4.79 Å². The highest BCUT2D eigenvalue weighted by Crippen LogP contribution is 2.09. The first-order chi connectivity index (χ1) is 7.06. The van der Waals surface area contributed by atoms with Crippen LogP contribution in [0.3, 0.4) is 0 Å². The average Bonchev–Trinajstić information content (AvgIpc) is 2.46. The molecule has 0 aliphatic rings. The first-order valence-corrected chi connectivity index (χ1v) is 4.75. The zero-order valence-corrected chi connectivity index (χ0v) is 9.03. The molecule has 1 aromatic rings. The number of carbonyl (C=O) groups excluding carboxylic acids is 1. The Labute approximate surface area is 89.0 Å². The Morgan fingerprint density at radius 3 is 3.00 bits per heavy atom. The first-order valence-electron chi connectivity index (χ1n) is 4.75. The summed E-state index contributed by atoms with van der Waals surface area (Å²) < 4.78 is 1.46. The highest BCUT2D eigenvalue weighted by atomic mass is 16.2. The number of nitrogens with two attached hydrogens (primary N) is 1. The fourth-order valence-electron chi connectivity index (χ4n) is 1.33. The molecule has 82 valence electrons. The smallest absolute Gasteiger partial charge is 0.271 e. The summed E-state index contributed by atoms with van der Waals surface area (Å²) in [5.41, 5.74) is 6.41. The molecule has 1 atom stereocenters. The minimum atomic E-state index is -0.207. The number of hydrogen-bond acceptors (Lipinski definition) is 3. The Bertz CT molecular complexity index is 350. The van der Waals surface area contributed by atoms with Crippen molar-refractivity contribution in [1.29, 1.82) is 0 Å². The van der Waals surface area contributed by atoms with Crippen LogP contribution in [0.25, 0.3) is 0 Å². The second-order valence-electron chi connectivity index (χ2n) is 3.47. The largest absolute Gasteiger partial charge is 0.396 e. The zero-order chi connectivity index (χ0) is 11.4. The third kappa shape index (κ3) is 2.59. The molecule has 1 amide bonds. The van der Waals surface area contributed by atoms with Crippen molar-refractivity contribution in [2.24, 2.45) is 7.05 Å². The maximum atomic E-state index is 11.7. The number of nitrogen functional groups attached to an aromatic ring is 1. The minimum absolute atomic E-state index is 0.0456. The molecule has 1 aromatic heterocycles. The Balaban J connectivity index is 2.73. The number of hydrogen-bond donors (Lipinski definition) is 2. The van der Waals surface area contributed by atoms with Crippen molar-refractivity contribution in [2.45, 2.75) is 19.4 Å². The molecule has 1 heterocycles. The Morgan fingerprint density at radius 2 is 2.53 bits per heavy atom. The van der Waals surface area contributed by atoms with Gasteiger partial charge in [0, 0.05) is 13.1 Å². The standard InChI is InChI=1S/C10H16N4O/c1-4-5-7(2)13-10(15)9-8(11)6-12-14(9)3/h4,6-7H,1,5,11H2,2-3H3,(H,13,15). The fraction of sp³-hybridized carbons (Fsp3) is 0.400. The molecular formula is C10H16N4O. The van der Waals surface area contributed by atoms with Gasteiger partial charge in [-0.2, -0.15) is 5.10 Å². The van der Waals surface area contributed by atoms with Crippen LogP contribution < -0.4 is 11.1 Å². The van der Waals surface area contributed by atoms with Crippen LogP contribution in [-0.2, 0) is 7.05 Å². The van der Waals surface area contributed by atoms with E-state index >= 15 is 0 Å². The molecular weight excluding hydrogens is 192 g/mol. The summed E-state index contributed by atoms with van der Waals surface area (Å²) in [6, 6.07) is 0.0456. The third-order valence-electron chi connectivity index (χ3n) is 2.08. The molecule has 0 radical (unpaired) electrons. The lowest BCUT2D eigenvalue weighted by atomic mass is 10.2. The van der Waals surface area contributed by atoms with Crippen molar-refractivity contribution in [1.82, 2.24) is 15.1 Å². The number of nitrogens with zero attached hydrogens (tertiary/aromatic N) is 2. The van der Waals surface area contributed by atoms with Crippen LogP contribution in [0.15, 0.2) is 18.9 Å². The first kappa shape index (κ1) is 11.3. The molecule has 0 saturated heterocycles. The summed E-state index contributed by atoms with van der Waals surface area (Å²) in [5, 5.41) is 6.72. The van der Waals surface area contributed by atoms with Crippen molar-refractivity contribution < 1.29 is 4.79 Å². The fourth-order valence-corrected chi connectivity index (χ4v) is 1.33. The van der Waals surface area contributed by atoms with E-state index in [0.717, 1.165) is 6.42 Å². The van der Waals surface area contributed by atoms with Crippen LogP contribution in [0.4, 0.5) is 5.69 Å². The molecule has 5 heteroatoms. The number of rotatable bonds is 4. The lowest BCUT2D eigenvalue weighted by Gasteiger charge is -2.11. The van der Waals surface area contributed by atoms with E-state index in [4.69, 9.17) is 5.73 Å². The summed E-state index contributed by atoms with van der Waals surface area (Å²) in [6.07, 6.45) is 3.95. The SMILES string of the molecule is C=CCC(C)NC(=O)c1c(N)cnn1C. The minimum Gasteiger partial charge on any atom is -0.396 e. The van der Waals surface area contributed by atoms with E-state index in [1.165, 1.54) is 10.9 Å². The zero-order valence-electron chi connectivity index (χ0n) is 9.03. The Kier molecular flexibility index (Phi) is 3.49. The second kappa shape index (κ2) is 4.63. The van der Waals surface area contributed by atoms with E-state index < -0.39 is 0 Å². The molecule has 0 saturated carbocycles. The van der Waals surface area contributed by atoms with Gasteiger partial charge in [-0.1, -0.05) is 6.08 Å². The van der Waals surface area contributed by atoms with Crippen LogP contribution in [0.1, 0.15) is 23.8 Å². The molecule has 0 aliphatic carbocycles. The predicted molar refractivity (Wildman–Crippen MR) is 59.4 cm³/mol. The molecule has 5 nitrogen and oxygen atoms in total. The van der Waals surface area contributed by atoms with E-state index in [1.807, 2.05) is 6.92 Å². The summed E-state index contributed by atoms with van der Waals surface area (Å²) >= 11 is 0. The number of anilines is 1. The average molecular weight is 208 g/mol. The highest BCUT2D eigenvalue weighted by molar-refractivity contribution is 5.97. The van der Waals surface area contributed by atoms with Gasteiger partial charge in [-0.15, -0.1) is 6.58 Å². The van der Waals surface area contributed by atoms with Gasteiger partial charge in [0.25, 0.3) is 5.91 Å². The molecule has 0 bridgehead atoms. The van der Waals surface area contributed by atoms with Crippen LogP contribution in [0, 0.1) is 0 Å². The van der Waals surface area contributed by atoms with Gasteiger partial charge in [-0.3, -0.25) is 9.48 Å². The molecule has 3 N–H and O–H groups in total. The summed E-state index contributed by atoms with van der Waals surface area (Å²) in [7, 11) is 1.68.